The van der Waals surface area contributed by atoms with Gasteiger partial charge in [0.1, 0.15) is 28.9 Å². The van der Waals surface area contributed by atoms with Crippen molar-refractivity contribution in [3.63, 3.8) is 0 Å². The maximum atomic E-state index is 13.2. The fourth-order valence-electron chi connectivity index (χ4n) is 2.87. The number of aromatic nitrogens is 1. The molecule has 1 aromatic heterocycles. The lowest BCUT2D eigenvalue weighted by molar-refractivity contribution is 0.0946. The summed E-state index contributed by atoms with van der Waals surface area (Å²) in [6.07, 6.45) is 0. The quantitative estimate of drug-likeness (QED) is 0.434. The molecule has 0 saturated carbocycles. The van der Waals surface area contributed by atoms with Crippen LogP contribution in [-0.4, -0.2) is 10.9 Å². The zero-order chi connectivity index (χ0) is 20.8. The molecule has 0 aliphatic rings. The molecule has 0 radical (unpaired) electrons. The van der Waals surface area contributed by atoms with Crippen molar-refractivity contribution in [2.75, 3.05) is 0 Å². The van der Waals surface area contributed by atoms with E-state index in [0.717, 1.165) is 21.7 Å². The van der Waals surface area contributed by atoms with E-state index in [4.69, 9.17) is 4.74 Å². The monoisotopic (exact) mass is 418 g/mol. The highest BCUT2D eigenvalue weighted by Crippen LogP contribution is 2.26. The van der Waals surface area contributed by atoms with Crippen LogP contribution in [0.15, 0.2) is 84.2 Å². The molecular weight excluding hydrogens is 399 g/mol. The molecule has 0 atom stereocenters. The van der Waals surface area contributed by atoms with E-state index in [0.29, 0.717) is 24.6 Å². The van der Waals surface area contributed by atoms with Crippen LogP contribution in [0.3, 0.4) is 0 Å². The molecule has 0 spiro atoms. The first-order chi connectivity index (χ1) is 14.7. The molecule has 1 heterocycles. The van der Waals surface area contributed by atoms with Crippen molar-refractivity contribution >= 4 is 17.2 Å². The van der Waals surface area contributed by atoms with Gasteiger partial charge < -0.3 is 10.1 Å². The van der Waals surface area contributed by atoms with E-state index >= 15 is 0 Å². The highest BCUT2D eigenvalue weighted by atomic mass is 32.1. The number of carbonyl (C=O) groups is 1. The Morgan fingerprint density at radius 3 is 2.50 bits per heavy atom. The highest BCUT2D eigenvalue weighted by Gasteiger charge is 2.12. The van der Waals surface area contributed by atoms with Crippen molar-refractivity contribution in [1.29, 1.82) is 0 Å². The predicted molar refractivity (Wildman–Crippen MR) is 116 cm³/mol. The summed E-state index contributed by atoms with van der Waals surface area (Å²) in [5.74, 6) is 0.204. The zero-order valence-corrected chi connectivity index (χ0v) is 16.9. The van der Waals surface area contributed by atoms with Crippen LogP contribution >= 0.6 is 11.3 Å². The minimum absolute atomic E-state index is 0.198. The van der Waals surface area contributed by atoms with E-state index in [1.54, 1.807) is 11.4 Å². The van der Waals surface area contributed by atoms with Crippen molar-refractivity contribution in [1.82, 2.24) is 10.3 Å². The molecule has 4 aromatic rings. The van der Waals surface area contributed by atoms with E-state index in [1.165, 1.54) is 23.5 Å². The summed E-state index contributed by atoms with van der Waals surface area (Å²) in [6, 6.07) is 23.5. The third-order valence-electron chi connectivity index (χ3n) is 4.43. The van der Waals surface area contributed by atoms with Crippen LogP contribution in [0.4, 0.5) is 4.39 Å². The third kappa shape index (κ3) is 5.10. The van der Waals surface area contributed by atoms with Crippen molar-refractivity contribution in [2.45, 2.75) is 13.2 Å². The van der Waals surface area contributed by atoms with Crippen LogP contribution in [0.5, 0.6) is 5.75 Å². The van der Waals surface area contributed by atoms with E-state index in [2.05, 4.69) is 10.3 Å². The Bertz CT molecular complexity index is 1130. The number of rotatable bonds is 7. The lowest BCUT2D eigenvalue weighted by atomic mass is 10.2. The van der Waals surface area contributed by atoms with Gasteiger partial charge >= 0.3 is 0 Å². The maximum absolute atomic E-state index is 13.2. The van der Waals surface area contributed by atoms with Gasteiger partial charge in [-0.05, 0) is 47.5 Å². The lowest BCUT2D eigenvalue weighted by Crippen LogP contribution is -2.23. The Hall–Kier alpha value is -3.51. The van der Waals surface area contributed by atoms with Crippen LogP contribution in [0.2, 0.25) is 0 Å². The van der Waals surface area contributed by atoms with E-state index in [9.17, 15) is 9.18 Å². The molecule has 1 amide bonds. The van der Waals surface area contributed by atoms with E-state index < -0.39 is 0 Å². The van der Waals surface area contributed by atoms with Gasteiger partial charge in [0.2, 0.25) is 0 Å². The molecule has 150 valence electrons. The van der Waals surface area contributed by atoms with Crippen molar-refractivity contribution in [2.24, 2.45) is 0 Å². The molecule has 4 nitrogen and oxygen atoms in total. The van der Waals surface area contributed by atoms with Crippen LogP contribution < -0.4 is 10.1 Å². The van der Waals surface area contributed by atoms with Gasteiger partial charge in [-0.1, -0.05) is 42.5 Å². The van der Waals surface area contributed by atoms with Crippen LogP contribution in [-0.2, 0) is 13.2 Å². The topological polar surface area (TPSA) is 51.2 Å². The van der Waals surface area contributed by atoms with Crippen LogP contribution in [0.1, 0.15) is 21.6 Å². The molecular formula is C24H19FN2O2S. The number of benzene rings is 3. The Balaban J connectivity index is 1.35. The molecule has 3 aromatic carbocycles. The molecule has 1 N–H and O–H groups in total. The molecule has 0 bridgehead atoms. The van der Waals surface area contributed by atoms with Gasteiger partial charge in [-0.15, -0.1) is 11.3 Å². The first-order valence-electron chi connectivity index (χ1n) is 9.43. The second kappa shape index (κ2) is 9.33. The molecule has 4 rings (SSSR count). The normalized spacial score (nSPS) is 10.6. The van der Waals surface area contributed by atoms with Gasteiger partial charge in [-0.2, -0.15) is 0 Å². The van der Waals surface area contributed by atoms with Crippen molar-refractivity contribution in [3.05, 3.63) is 107 Å². The number of nitrogens with zero attached hydrogens (tertiary/aromatic N) is 1. The summed E-state index contributed by atoms with van der Waals surface area (Å²) in [7, 11) is 0. The van der Waals surface area contributed by atoms with Gasteiger partial charge in [-0.25, -0.2) is 9.37 Å². The zero-order valence-electron chi connectivity index (χ0n) is 16.0. The van der Waals surface area contributed by atoms with Gasteiger partial charge in [0.15, 0.2) is 0 Å². The van der Waals surface area contributed by atoms with E-state index in [1.807, 2.05) is 60.7 Å². The Morgan fingerprint density at radius 2 is 1.73 bits per heavy atom. The molecule has 0 fully saturated rings. The van der Waals surface area contributed by atoms with Crippen molar-refractivity contribution < 1.29 is 13.9 Å². The third-order valence-corrected chi connectivity index (χ3v) is 5.32. The van der Waals surface area contributed by atoms with Gasteiger partial charge in [0.05, 0.1) is 0 Å². The summed E-state index contributed by atoms with van der Waals surface area (Å²) in [4.78, 5) is 16.8. The van der Waals surface area contributed by atoms with Crippen molar-refractivity contribution in [3.8, 4) is 16.3 Å². The minimum atomic E-state index is -0.279. The summed E-state index contributed by atoms with van der Waals surface area (Å²) < 4.78 is 18.9. The first-order valence-corrected chi connectivity index (χ1v) is 10.3. The number of nitrogens with one attached hydrogen (secondary N) is 1. The smallest absolute Gasteiger partial charge is 0.271 e. The summed E-state index contributed by atoms with van der Waals surface area (Å²) in [5, 5.41) is 5.40. The molecule has 30 heavy (non-hydrogen) atoms. The second-order valence-electron chi connectivity index (χ2n) is 6.65. The molecule has 0 unspecified atom stereocenters. The molecule has 0 aliphatic heterocycles. The fourth-order valence-corrected chi connectivity index (χ4v) is 3.67. The maximum Gasteiger partial charge on any atom is 0.271 e. The lowest BCUT2D eigenvalue weighted by Gasteiger charge is -2.07. The second-order valence-corrected chi connectivity index (χ2v) is 7.51. The SMILES string of the molecule is O=C(NCc1ccccc1)c1csc(-c2ccc(OCc3cccc(F)c3)cc2)n1. The molecule has 0 saturated heterocycles. The number of hydrogen-bond acceptors (Lipinski definition) is 4. The Kier molecular flexibility index (Phi) is 6.15. The van der Waals surface area contributed by atoms with Gasteiger partial charge in [0.25, 0.3) is 5.91 Å². The van der Waals surface area contributed by atoms with Crippen LogP contribution in [0.25, 0.3) is 10.6 Å². The summed E-state index contributed by atoms with van der Waals surface area (Å²) >= 11 is 1.42. The van der Waals surface area contributed by atoms with E-state index in [-0.39, 0.29) is 11.7 Å². The largest absolute Gasteiger partial charge is 0.489 e. The average Bonchev–Trinajstić information content (AvgIpc) is 3.28. The predicted octanol–water partition coefficient (Wildman–Crippen LogP) is 5.46. The number of halogens is 1. The Labute approximate surface area is 178 Å². The summed E-state index contributed by atoms with van der Waals surface area (Å²) in [6.45, 7) is 0.754. The highest BCUT2D eigenvalue weighted by molar-refractivity contribution is 7.13. The number of carbonyl (C=O) groups excluding carboxylic acids is 1. The summed E-state index contributed by atoms with van der Waals surface area (Å²) in [5.41, 5.74) is 3.11. The standard InChI is InChI=1S/C24H19FN2O2S/c25-20-8-4-7-18(13-20)15-29-21-11-9-19(10-12-21)24-27-22(16-30-24)23(28)26-14-17-5-2-1-3-6-17/h1-13,16H,14-15H2,(H,26,28). The first kappa shape index (κ1) is 19.8. The minimum Gasteiger partial charge on any atom is -0.489 e. The molecule has 0 aliphatic carbocycles. The Morgan fingerprint density at radius 1 is 0.967 bits per heavy atom. The fraction of sp³-hybridized carbons (Fsp3) is 0.0833. The number of ether oxygens (including phenoxy) is 1. The number of thiazole rings is 1. The number of amides is 1. The van der Waals surface area contributed by atoms with Crippen LogP contribution in [0, 0.1) is 5.82 Å². The number of hydrogen-bond donors (Lipinski definition) is 1. The van der Waals surface area contributed by atoms with Gasteiger partial charge in [-0.3, -0.25) is 4.79 Å². The molecule has 6 heteroatoms. The van der Waals surface area contributed by atoms with Gasteiger partial charge in [0, 0.05) is 17.5 Å². The average molecular weight is 418 g/mol.